The Balaban J connectivity index is 2.94. The van der Waals surface area contributed by atoms with Gasteiger partial charge in [-0.1, -0.05) is 6.07 Å². The molecule has 0 spiro atoms. The Bertz CT molecular complexity index is 452. The van der Waals surface area contributed by atoms with Crippen molar-refractivity contribution in [2.75, 3.05) is 13.1 Å². The maximum Gasteiger partial charge on any atom is 0.257 e. The maximum absolute atomic E-state index is 12.0. The number of nitrogens with zero attached hydrogens (tertiary/aromatic N) is 2. The summed E-state index contributed by atoms with van der Waals surface area (Å²) < 4.78 is 0. The molecule has 5 nitrogen and oxygen atoms in total. The van der Waals surface area contributed by atoms with E-state index in [-0.39, 0.29) is 17.7 Å². The predicted octanol–water partition coefficient (Wildman–Crippen LogP) is 1.47. The van der Waals surface area contributed by atoms with Gasteiger partial charge in [0.2, 0.25) is 0 Å². The van der Waals surface area contributed by atoms with Crippen LogP contribution in [-0.4, -0.2) is 34.1 Å². The number of carbonyl (C=O) groups excluding carboxylic acids is 1. The van der Waals surface area contributed by atoms with Gasteiger partial charge in [0.25, 0.3) is 5.91 Å². The molecule has 0 heterocycles. The van der Waals surface area contributed by atoms with Crippen molar-refractivity contribution in [2.24, 2.45) is 0 Å². The van der Waals surface area contributed by atoms with Crippen LogP contribution in [0.25, 0.3) is 0 Å². The van der Waals surface area contributed by atoms with Crippen LogP contribution in [0.2, 0.25) is 0 Å². The molecule has 0 saturated heterocycles. The first kappa shape index (κ1) is 12.8. The lowest BCUT2D eigenvalue weighted by molar-refractivity contribution is 0.0764. The van der Waals surface area contributed by atoms with Gasteiger partial charge >= 0.3 is 0 Å². The summed E-state index contributed by atoms with van der Waals surface area (Å²) in [5.74, 6) is -1.14. The van der Waals surface area contributed by atoms with E-state index in [9.17, 15) is 15.0 Å². The highest BCUT2D eigenvalue weighted by Crippen LogP contribution is 2.29. The van der Waals surface area contributed by atoms with E-state index in [1.165, 1.54) is 23.1 Å². The Hall–Kier alpha value is -2.22. The van der Waals surface area contributed by atoms with E-state index in [0.717, 1.165) is 0 Å². The zero-order valence-electron chi connectivity index (χ0n) is 9.55. The Morgan fingerprint density at radius 3 is 2.76 bits per heavy atom. The van der Waals surface area contributed by atoms with Crippen molar-refractivity contribution < 1.29 is 15.0 Å². The fraction of sp³-hybridized carbons (Fsp3) is 0.333. The highest BCUT2D eigenvalue weighted by Gasteiger charge is 2.18. The van der Waals surface area contributed by atoms with Gasteiger partial charge in [0.05, 0.1) is 18.1 Å². The second-order valence-corrected chi connectivity index (χ2v) is 3.47. The highest BCUT2D eigenvalue weighted by molar-refractivity contribution is 5.97. The molecule has 2 N–H and O–H groups in total. The zero-order valence-corrected chi connectivity index (χ0v) is 9.55. The van der Waals surface area contributed by atoms with Gasteiger partial charge in [0, 0.05) is 13.1 Å². The van der Waals surface area contributed by atoms with Gasteiger partial charge in [-0.2, -0.15) is 5.26 Å². The van der Waals surface area contributed by atoms with Crippen LogP contribution in [0.4, 0.5) is 0 Å². The molecule has 0 aliphatic carbocycles. The monoisotopic (exact) mass is 234 g/mol. The number of hydrogen-bond acceptors (Lipinski definition) is 4. The summed E-state index contributed by atoms with van der Waals surface area (Å²) >= 11 is 0. The normalized spacial score (nSPS) is 9.65. The number of carbonyl (C=O) groups is 1. The molecule has 90 valence electrons. The van der Waals surface area contributed by atoms with Crippen molar-refractivity contribution in [3.63, 3.8) is 0 Å². The standard InChI is InChI=1S/C12H14N2O3/c1-2-14(8-4-7-13)12(17)9-5-3-6-10(15)11(9)16/h3,5-6,15-16H,2,4,8H2,1H3. The van der Waals surface area contributed by atoms with Crippen molar-refractivity contribution in [1.82, 2.24) is 4.90 Å². The van der Waals surface area contributed by atoms with E-state index >= 15 is 0 Å². The average molecular weight is 234 g/mol. The van der Waals surface area contributed by atoms with Gasteiger partial charge < -0.3 is 15.1 Å². The van der Waals surface area contributed by atoms with Gasteiger partial charge in [-0.25, -0.2) is 0 Å². The summed E-state index contributed by atoms with van der Waals surface area (Å²) in [6.07, 6.45) is 0.235. The molecule has 17 heavy (non-hydrogen) atoms. The van der Waals surface area contributed by atoms with Crippen LogP contribution < -0.4 is 0 Å². The highest BCUT2D eigenvalue weighted by atomic mass is 16.3. The number of amides is 1. The van der Waals surface area contributed by atoms with Crippen molar-refractivity contribution in [2.45, 2.75) is 13.3 Å². The van der Waals surface area contributed by atoms with E-state index < -0.39 is 11.7 Å². The summed E-state index contributed by atoms with van der Waals surface area (Å²) in [6.45, 7) is 2.53. The van der Waals surface area contributed by atoms with Gasteiger partial charge in [-0.15, -0.1) is 0 Å². The molecule has 1 aromatic carbocycles. The predicted molar refractivity (Wildman–Crippen MR) is 61.6 cm³/mol. The van der Waals surface area contributed by atoms with Crippen molar-refractivity contribution in [3.05, 3.63) is 23.8 Å². The summed E-state index contributed by atoms with van der Waals surface area (Å²) in [5, 5.41) is 27.4. The molecule has 0 aliphatic heterocycles. The average Bonchev–Trinajstić information content (AvgIpc) is 2.33. The lowest BCUT2D eigenvalue weighted by Crippen LogP contribution is -2.31. The van der Waals surface area contributed by atoms with Crippen LogP contribution in [0, 0.1) is 11.3 Å². The number of phenolic OH excluding ortho intramolecular Hbond substituents is 2. The SMILES string of the molecule is CCN(CCC#N)C(=O)c1cccc(O)c1O. The maximum atomic E-state index is 12.0. The third-order valence-electron chi connectivity index (χ3n) is 2.41. The first-order valence-electron chi connectivity index (χ1n) is 5.29. The van der Waals surface area contributed by atoms with Gasteiger partial charge in [-0.05, 0) is 19.1 Å². The first-order valence-corrected chi connectivity index (χ1v) is 5.29. The van der Waals surface area contributed by atoms with Gasteiger partial charge in [-0.3, -0.25) is 4.79 Å². The molecule has 0 radical (unpaired) electrons. The number of para-hydroxylation sites is 1. The number of hydrogen-bond donors (Lipinski definition) is 2. The van der Waals surface area contributed by atoms with Crippen LogP contribution in [0.5, 0.6) is 11.5 Å². The van der Waals surface area contributed by atoms with E-state index in [0.29, 0.717) is 13.1 Å². The Kier molecular flexibility index (Phi) is 4.35. The third kappa shape index (κ3) is 2.88. The molecule has 1 rings (SSSR count). The number of rotatable bonds is 4. The molecule has 0 saturated carbocycles. The number of aromatic hydroxyl groups is 2. The van der Waals surface area contributed by atoms with Crippen molar-refractivity contribution >= 4 is 5.91 Å². The molecule has 1 aromatic rings. The minimum absolute atomic E-state index is 0.0461. The van der Waals surface area contributed by atoms with Crippen molar-refractivity contribution in [3.8, 4) is 17.6 Å². The molecular formula is C12H14N2O3. The number of benzene rings is 1. The van der Waals surface area contributed by atoms with Crippen LogP contribution in [0.3, 0.4) is 0 Å². The minimum Gasteiger partial charge on any atom is -0.504 e. The second-order valence-electron chi connectivity index (χ2n) is 3.47. The summed E-state index contributed by atoms with van der Waals surface area (Å²) in [4.78, 5) is 13.4. The molecule has 5 heteroatoms. The van der Waals surface area contributed by atoms with Crippen LogP contribution >= 0.6 is 0 Å². The van der Waals surface area contributed by atoms with Crippen LogP contribution in [0.1, 0.15) is 23.7 Å². The molecule has 0 fully saturated rings. The summed E-state index contributed by atoms with van der Waals surface area (Å²) in [7, 11) is 0. The minimum atomic E-state index is -0.423. The Morgan fingerprint density at radius 1 is 1.47 bits per heavy atom. The summed E-state index contributed by atoms with van der Waals surface area (Å²) in [6, 6.07) is 6.19. The summed E-state index contributed by atoms with van der Waals surface area (Å²) in [5.41, 5.74) is 0.0461. The molecule has 0 aromatic heterocycles. The lowest BCUT2D eigenvalue weighted by Gasteiger charge is -2.20. The largest absolute Gasteiger partial charge is 0.504 e. The smallest absolute Gasteiger partial charge is 0.257 e. The second kappa shape index (κ2) is 5.75. The molecule has 0 bridgehead atoms. The van der Waals surface area contributed by atoms with Crippen molar-refractivity contribution in [1.29, 1.82) is 5.26 Å². The lowest BCUT2D eigenvalue weighted by atomic mass is 10.1. The van der Waals surface area contributed by atoms with Crippen LogP contribution in [0.15, 0.2) is 18.2 Å². The van der Waals surface area contributed by atoms with E-state index in [4.69, 9.17) is 5.26 Å². The van der Waals surface area contributed by atoms with Crippen LogP contribution in [-0.2, 0) is 0 Å². The topological polar surface area (TPSA) is 84.6 Å². The van der Waals surface area contributed by atoms with E-state index in [1.807, 2.05) is 6.07 Å². The molecule has 1 amide bonds. The number of phenols is 2. The zero-order chi connectivity index (χ0) is 12.8. The van der Waals surface area contributed by atoms with Gasteiger partial charge in [0.1, 0.15) is 0 Å². The van der Waals surface area contributed by atoms with E-state index in [1.54, 1.807) is 6.92 Å². The fourth-order valence-electron chi connectivity index (χ4n) is 1.46. The molecular weight excluding hydrogens is 220 g/mol. The number of nitriles is 1. The first-order chi connectivity index (χ1) is 8.11. The Labute approximate surface area is 99.5 Å². The van der Waals surface area contributed by atoms with E-state index in [2.05, 4.69) is 0 Å². The van der Waals surface area contributed by atoms with Gasteiger partial charge in [0.15, 0.2) is 11.5 Å². The quantitative estimate of drug-likeness (QED) is 0.772. The molecule has 0 atom stereocenters. The Morgan fingerprint density at radius 2 is 2.18 bits per heavy atom. The fourth-order valence-corrected chi connectivity index (χ4v) is 1.46. The molecule has 0 aliphatic rings. The third-order valence-corrected chi connectivity index (χ3v) is 2.41. The molecule has 0 unspecified atom stereocenters.